The molecule has 2 atom stereocenters. The van der Waals surface area contributed by atoms with Gasteiger partial charge in [0.2, 0.25) is 0 Å². The fourth-order valence-corrected chi connectivity index (χ4v) is 2.35. The van der Waals surface area contributed by atoms with Crippen LogP contribution in [0.5, 0.6) is 0 Å². The summed E-state index contributed by atoms with van der Waals surface area (Å²) in [5.74, 6) is 0. The molecule has 1 aliphatic rings. The molecule has 2 nitrogen and oxygen atoms in total. The lowest BCUT2D eigenvalue weighted by atomic mass is 9.86. The first-order valence-electron chi connectivity index (χ1n) is 6.88. The Bertz CT molecular complexity index is 180. The summed E-state index contributed by atoms with van der Waals surface area (Å²) in [7, 11) is 0. The Labute approximate surface area is 101 Å². The normalized spacial score (nSPS) is 24.4. The van der Waals surface area contributed by atoms with Crippen LogP contribution in [0.25, 0.3) is 0 Å². The first-order valence-corrected chi connectivity index (χ1v) is 6.88. The summed E-state index contributed by atoms with van der Waals surface area (Å²) in [5.41, 5.74) is 0.433. The Morgan fingerprint density at radius 3 is 2.56 bits per heavy atom. The van der Waals surface area contributed by atoms with Gasteiger partial charge in [0.1, 0.15) is 0 Å². The minimum Gasteiger partial charge on any atom is -0.377 e. The fourth-order valence-electron chi connectivity index (χ4n) is 2.35. The highest BCUT2D eigenvalue weighted by atomic mass is 16.5. The molecule has 96 valence electrons. The van der Waals surface area contributed by atoms with Gasteiger partial charge in [-0.25, -0.2) is 0 Å². The van der Waals surface area contributed by atoms with E-state index in [9.17, 15) is 0 Å². The lowest BCUT2D eigenvalue weighted by Crippen LogP contribution is -2.43. The van der Waals surface area contributed by atoms with E-state index in [1.807, 2.05) is 0 Å². The molecule has 0 aliphatic carbocycles. The largest absolute Gasteiger partial charge is 0.377 e. The molecule has 0 radical (unpaired) electrons. The van der Waals surface area contributed by atoms with Crippen molar-refractivity contribution in [3.8, 4) is 0 Å². The summed E-state index contributed by atoms with van der Waals surface area (Å²) < 4.78 is 5.90. The highest BCUT2D eigenvalue weighted by molar-refractivity contribution is 4.80. The van der Waals surface area contributed by atoms with Crippen LogP contribution in [0.1, 0.15) is 59.8 Å². The van der Waals surface area contributed by atoms with Gasteiger partial charge < -0.3 is 10.1 Å². The number of hydrogen-bond donors (Lipinski definition) is 1. The molecular weight excluding hydrogens is 198 g/mol. The van der Waals surface area contributed by atoms with Gasteiger partial charge in [0.25, 0.3) is 0 Å². The molecule has 0 aromatic carbocycles. The topological polar surface area (TPSA) is 21.3 Å². The SMILES string of the molecule is CCNC(CCC(C)(C)C)C1CCCCO1. The number of rotatable bonds is 5. The molecule has 1 N–H and O–H groups in total. The molecule has 0 aromatic heterocycles. The second-order valence-corrected chi connectivity index (χ2v) is 6.17. The van der Waals surface area contributed by atoms with Crippen LogP contribution < -0.4 is 5.32 Å². The van der Waals surface area contributed by atoms with Crippen LogP contribution in [0, 0.1) is 5.41 Å². The van der Waals surface area contributed by atoms with E-state index in [1.54, 1.807) is 0 Å². The first kappa shape index (κ1) is 14.0. The van der Waals surface area contributed by atoms with E-state index >= 15 is 0 Å². The van der Waals surface area contributed by atoms with E-state index in [-0.39, 0.29) is 0 Å². The van der Waals surface area contributed by atoms with Crippen molar-refractivity contribution >= 4 is 0 Å². The molecule has 1 aliphatic heterocycles. The molecule has 0 amide bonds. The smallest absolute Gasteiger partial charge is 0.0728 e. The third kappa shape index (κ3) is 5.31. The Kier molecular flexibility index (Phi) is 5.77. The minimum atomic E-state index is 0.433. The summed E-state index contributed by atoms with van der Waals surface area (Å²) in [4.78, 5) is 0. The molecule has 2 heteroatoms. The summed E-state index contributed by atoms with van der Waals surface area (Å²) in [6.07, 6.45) is 6.78. The Hall–Kier alpha value is -0.0800. The predicted molar refractivity (Wildman–Crippen MR) is 69.7 cm³/mol. The van der Waals surface area contributed by atoms with Crippen LogP contribution in [0.15, 0.2) is 0 Å². The lowest BCUT2D eigenvalue weighted by molar-refractivity contribution is -0.0109. The maximum Gasteiger partial charge on any atom is 0.0728 e. The third-order valence-electron chi connectivity index (χ3n) is 3.34. The molecule has 0 bridgehead atoms. The number of likely N-dealkylation sites (N-methyl/N-ethyl adjacent to an activating group) is 1. The summed E-state index contributed by atoms with van der Waals surface area (Å²) in [6.45, 7) is 11.1. The maximum absolute atomic E-state index is 5.90. The van der Waals surface area contributed by atoms with Gasteiger partial charge in [0.15, 0.2) is 0 Å². The standard InChI is InChI=1S/C14H29NO/c1-5-15-12(9-10-14(2,3)4)13-8-6-7-11-16-13/h12-13,15H,5-11H2,1-4H3. The Balaban J connectivity index is 2.39. The molecule has 1 rings (SSSR count). The van der Waals surface area contributed by atoms with Crippen LogP contribution >= 0.6 is 0 Å². The van der Waals surface area contributed by atoms with Crippen molar-refractivity contribution in [1.82, 2.24) is 5.32 Å². The minimum absolute atomic E-state index is 0.433. The highest BCUT2D eigenvalue weighted by Crippen LogP contribution is 2.25. The van der Waals surface area contributed by atoms with Crippen LogP contribution in [0.2, 0.25) is 0 Å². The predicted octanol–water partition coefficient (Wildman–Crippen LogP) is 3.36. The third-order valence-corrected chi connectivity index (χ3v) is 3.34. The summed E-state index contributed by atoms with van der Waals surface area (Å²) >= 11 is 0. The summed E-state index contributed by atoms with van der Waals surface area (Å²) in [6, 6.07) is 0.560. The average molecular weight is 227 g/mol. The first-order chi connectivity index (χ1) is 7.53. The molecule has 0 saturated carbocycles. The second kappa shape index (κ2) is 6.61. The molecule has 1 fully saturated rings. The monoisotopic (exact) mass is 227 g/mol. The molecule has 1 heterocycles. The number of nitrogens with one attached hydrogen (secondary N) is 1. The van der Waals surface area contributed by atoms with Gasteiger partial charge in [0.05, 0.1) is 6.10 Å². The van der Waals surface area contributed by atoms with Crippen molar-refractivity contribution in [3.63, 3.8) is 0 Å². The van der Waals surface area contributed by atoms with Crippen LogP contribution in [0.3, 0.4) is 0 Å². The van der Waals surface area contributed by atoms with E-state index < -0.39 is 0 Å². The van der Waals surface area contributed by atoms with Gasteiger partial charge in [-0.3, -0.25) is 0 Å². The fraction of sp³-hybridized carbons (Fsp3) is 1.00. The van der Waals surface area contributed by atoms with Gasteiger partial charge >= 0.3 is 0 Å². The van der Waals surface area contributed by atoms with Crippen LogP contribution in [-0.2, 0) is 4.74 Å². The van der Waals surface area contributed by atoms with Crippen molar-refractivity contribution in [2.45, 2.75) is 71.9 Å². The van der Waals surface area contributed by atoms with Crippen molar-refractivity contribution in [2.75, 3.05) is 13.2 Å². The van der Waals surface area contributed by atoms with Crippen molar-refractivity contribution < 1.29 is 4.74 Å². The molecular formula is C14H29NO. The number of hydrogen-bond acceptors (Lipinski definition) is 2. The molecule has 16 heavy (non-hydrogen) atoms. The van der Waals surface area contributed by atoms with Crippen molar-refractivity contribution in [1.29, 1.82) is 0 Å². The van der Waals surface area contributed by atoms with E-state index in [0.717, 1.165) is 13.2 Å². The molecule has 0 aromatic rings. The molecule has 2 unspecified atom stereocenters. The van der Waals surface area contributed by atoms with Gasteiger partial charge in [-0.05, 0) is 44.1 Å². The zero-order chi connectivity index (χ0) is 12.0. The maximum atomic E-state index is 5.90. The zero-order valence-electron chi connectivity index (χ0n) is 11.5. The molecule has 0 spiro atoms. The van der Waals surface area contributed by atoms with Gasteiger partial charge in [0, 0.05) is 12.6 Å². The second-order valence-electron chi connectivity index (χ2n) is 6.17. The van der Waals surface area contributed by atoms with Gasteiger partial charge in [-0.2, -0.15) is 0 Å². The van der Waals surface area contributed by atoms with E-state index in [4.69, 9.17) is 4.74 Å². The highest BCUT2D eigenvalue weighted by Gasteiger charge is 2.25. The van der Waals surface area contributed by atoms with Crippen LogP contribution in [-0.4, -0.2) is 25.3 Å². The van der Waals surface area contributed by atoms with Gasteiger partial charge in [-0.1, -0.05) is 27.7 Å². The number of ether oxygens (including phenoxy) is 1. The average Bonchev–Trinajstić information content (AvgIpc) is 2.24. The molecule has 1 saturated heterocycles. The lowest BCUT2D eigenvalue weighted by Gasteiger charge is -2.32. The Morgan fingerprint density at radius 1 is 1.31 bits per heavy atom. The summed E-state index contributed by atoms with van der Waals surface area (Å²) in [5, 5.41) is 3.60. The van der Waals surface area contributed by atoms with E-state index in [1.165, 1.54) is 32.1 Å². The van der Waals surface area contributed by atoms with Crippen molar-refractivity contribution in [2.24, 2.45) is 5.41 Å². The Morgan fingerprint density at radius 2 is 2.06 bits per heavy atom. The van der Waals surface area contributed by atoms with E-state index in [2.05, 4.69) is 33.0 Å². The van der Waals surface area contributed by atoms with Gasteiger partial charge in [-0.15, -0.1) is 0 Å². The zero-order valence-corrected chi connectivity index (χ0v) is 11.5. The quantitative estimate of drug-likeness (QED) is 0.777. The van der Waals surface area contributed by atoms with E-state index in [0.29, 0.717) is 17.6 Å². The van der Waals surface area contributed by atoms with Crippen molar-refractivity contribution in [3.05, 3.63) is 0 Å². The van der Waals surface area contributed by atoms with Crippen LogP contribution in [0.4, 0.5) is 0 Å².